The van der Waals surface area contributed by atoms with Crippen molar-refractivity contribution in [2.75, 3.05) is 6.66 Å². The van der Waals surface area contributed by atoms with E-state index in [4.69, 9.17) is 0 Å². The van der Waals surface area contributed by atoms with Crippen molar-refractivity contribution in [3.05, 3.63) is 24.2 Å². The van der Waals surface area contributed by atoms with Crippen LogP contribution in [0, 0.1) is 0 Å². The van der Waals surface area contributed by atoms with Crippen molar-refractivity contribution < 1.29 is 0 Å². The van der Waals surface area contributed by atoms with Crippen molar-refractivity contribution in [1.29, 1.82) is 0 Å². The van der Waals surface area contributed by atoms with Gasteiger partial charge in [-0.25, -0.2) is 0 Å². The van der Waals surface area contributed by atoms with Crippen LogP contribution in [-0.4, -0.2) is 13.6 Å². The molecule has 0 aliphatic carbocycles. The van der Waals surface area contributed by atoms with Crippen LogP contribution < -0.4 is 5.20 Å². The van der Waals surface area contributed by atoms with Gasteiger partial charge in [-0.1, -0.05) is 0 Å². The molecule has 0 amide bonds. The fourth-order valence-corrected chi connectivity index (χ4v) is 1.82. The Bertz CT molecular complexity index is 174. The molecule has 1 heterocycles. The van der Waals surface area contributed by atoms with Gasteiger partial charge in [-0.2, -0.15) is 0 Å². The molecule has 0 saturated carbocycles. The topological polar surface area (TPSA) is 0 Å². The van der Waals surface area contributed by atoms with E-state index in [1.165, 1.54) is 5.20 Å². The van der Waals surface area contributed by atoms with Crippen LogP contribution in [0.3, 0.4) is 0 Å². The molecular formula is C6H9BP2. The van der Waals surface area contributed by atoms with Gasteiger partial charge in [0, 0.05) is 0 Å². The van der Waals surface area contributed by atoms with E-state index in [0.717, 1.165) is 0 Å². The standard InChI is InChI=1S/C6H9BP2/c1-9(8)6-4-2-3-5-7-6/h2-5H,8H2,1H3. The summed E-state index contributed by atoms with van der Waals surface area (Å²) in [6, 6.07) is 6.30. The second kappa shape index (κ2) is 3.45. The molecular weight excluding hydrogens is 145 g/mol. The van der Waals surface area contributed by atoms with Gasteiger partial charge in [-0.15, -0.1) is 0 Å². The summed E-state index contributed by atoms with van der Waals surface area (Å²) in [5, 5.41) is 1.44. The third-order valence-corrected chi connectivity index (χ3v) is 3.17. The molecule has 9 heavy (non-hydrogen) atoms. The minimum absolute atomic E-state index is 0.0211. The summed E-state index contributed by atoms with van der Waals surface area (Å²) in [6.45, 7) is 4.40. The van der Waals surface area contributed by atoms with Crippen molar-refractivity contribution in [3.8, 4) is 0 Å². The maximum atomic E-state index is 2.84. The van der Waals surface area contributed by atoms with Gasteiger partial charge < -0.3 is 0 Å². The van der Waals surface area contributed by atoms with Gasteiger partial charge in [0.15, 0.2) is 0 Å². The van der Waals surface area contributed by atoms with Gasteiger partial charge in [0.1, 0.15) is 0 Å². The van der Waals surface area contributed by atoms with E-state index in [0.29, 0.717) is 0 Å². The molecule has 3 heteroatoms. The summed E-state index contributed by atoms with van der Waals surface area (Å²) in [7, 11) is 2.86. The van der Waals surface area contributed by atoms with Gasteiger partial charge in [0.05, 0.1) is 0 Å². The Kier molecular flexibility index (Phi) is 2.83. The molecule has 0 spiro atoms. The Morgan fingerprint density at radius 3 is 2.67 bits per heavy atom. The predicted molar refractivity (Wildman–Crippen MR) is 50.0 cm³/mol. The summed E-state index contributed by atoms with van der Waals surface area (Å²) in [6.07, 6.45) is 0. The molecule has 0 N–H and O–H groups in total. The zero-order valence-corrected chi connectivity index (χ0v) is 7.46. The molecule has 0 saturated heterocycles. The number of rotatable bonds is 1. The molecule has 2 unspecified atom stereocenters. The first kappa shape index (κ1) is 7.38. The monoisotopic (exact) mass is 154 g/mol. The first-order chi connectivity index (χ1) is 4.30. The second-order valence-electron chi connectivity index (χ2n) is 1.95. The van der Waals surface area contributed by atoms with E-state index in [-0.39, 0.29) is 7.61 Å². The van der Waals surface area contributed by atoms with Gasteiger partial charge in [0.2, 0.25) is 0 Å². The van der Waals surface area contributed by atoms with Crippen molar-refractivity contribution >= 4 is 28.6 Å². The van der Waals surface area contributed by atoms with Crippen LogP contribution in [0.25, 0.3) is 0 Å². The Hall–Kier alpha value is 0.275. The summed E-state index contributed by atoms with van der Waals surface area (Å²) in [5.74, 6) is 2.08. The first-order valence-electron chi connectivity index (χ1n) is 2.84. The Labute approximate surface area is 60.1 Å². The van der Waals surface area contributed by atoms with Crippen molar-refractivity contribution in [2.45, 2.75) is 0 Å². The quantitative estimate of drug-likeness (QED) is 0.538. The summed E-state index contributed by atoms with van der Waals surface area (Å²) in [4.78, 5) is 0. The molecule has 0 radical (unpaired) electrons. The minimum atomic E-state index is 0.0211. The van der Waals surface area contributed by atoms with Crippen LogP contribution >= 0.6 is 16.5 Å². The van der Waals surface area contributed by atoms with Crippen LogP contribution in [0.15, 0.2) is 24.2 Å². The van der Waals surface area contributed by atoms with Crippen LogP contribution in [0.5, 0.6) is 0 Å². The molecule has 1 aromatic rings. The Morgan fingerprint density at radius 1 is 1.56 bits per heavy atom. The third-order valence-electron chi connectivity index (χ3n) is 1.16. The molecule has 0 nitrogen and oxygen atoms in total. The van der Waals surface area contributed by atoms with Crippen LogP contribution in [0.4, 0.5) is 0 Å². The van der Waals surface area contributed by atoms with Gasteiger partial charge in [-0.05, 0) is 0 Å². The fourth-order valence-electron chi connectivity index (χ4n) is 0.663. The van der Waals surface area contributed by atoms with Crippen LogP contribution in [0.2, 0.25) is 0 Å². The van der Waals surface area contributed by atoms with E-state index in [1.54, 1.807) is 0 Å². The van der Waals surface area contributed by atoms with Crippen LogP contribution in [-0.2, 0) is 0 Å². The SMILES string of the molecule is CP(P)c1bcccc1. The molecule has 1 rings (SSSR count). The van der Waals surface area contributed by atoms with Gasteiger partial charge in [0.25, 0.3) is 0 Å². The van der Waals surface area contributed by atoms with Gasteiger partial charge in [-0.3, -0.25) is 0 Å². The molecule has 0 aliphatic heterocycles. The molecule has 0 fully saturated rings. The number of hydrogen-bond donors (Lipinski definition) is 0. The molecule has 0 aliphatic rings. The van der Waals surface area contributed by atoms with E-state index < -0.39 is 0 Å². The summed E-state index contributed by atoms with van der Waals surface area (Å²) >= 11 is 0. The molecule has 0 aromatic carbocycles. The average Bonchev–Trinajstić information content (AvgIpc) is 1.90. The predicted octanol–water partition coefficient (Wildman–Crippen LogP) is 1.55. The van der Waals surface area contributed by atoms with E-state index in [1.807, 2.05) is 6.07 Å². The maximum absolute atomic E-state index is 2.84. The van der Waals surface area contributed by atoms with Gasteiger partial charge >= 0.3 is 59.5 Å². The average molecular weight is 154 g/mol. The van der Waals surface area contributed by atoms with Crippen molar-refractivity contribution in [1.82, 2.24) is 0 Å². The number of hydrogen-bond acceptors (Lipinski definition) is 0. The Balaban J connectivity index is 2.85. The zero-order chi connectivity index (χ0) is 6.69. The Morgan fingerprint density at radius 2 is 2.33 bits per heavy atom. The third kappa shape index (κ3) is 2.16. The summed E-state index contributed by atoms with van der Waals surface area (Å²) < 4.78 is 0. The summed E-state index contributed by atoms with van der Waals surface area (Å²) in [5.41, 5.74) is 0. The normalized spacial score (nSPS) is 12.7. The fraction of sp³-hybridized carbons (Fsp3) is 0.167. The van der Waals surface area contributed by atoms with Crippen molar-refractivity contribution in [3.63, 3.8) is 0 Å². The second-order valence-corrected chi connectivity index (χ2v) is 6.01. The van der Waals surface area contributed by atoms with E-state index in [2.05, 4.69) is 40.6 Å². The van der Waals surface area contributed by atoms with Crippen molar-refractivity contribution in [2.24, 2.45) is 0 Å². The molecule has 46 valence electrons. The molecule has 1 aromatic heterocycles. The van der Waals surface area contributed by atoms with Crippen LogP contribution in [0.1, 0.15) is 0 Å². The van der Waals surface area contributed by atoms with E-state index >= 15 is 0 Å². The first-order valence-corrected chi connectivity index (χ1v) is 6.25. The molecule has 0 bridgehead atoms. The van der Waals surface area contributed by atoms with E-state index in [9.17, 15) is 0 Å². The molecule has 2 atom stereocenters. The zero-order valence-electron chi connectivity index (χ0n) is 5.41.